The van der Waals surface area contributed by atoms with Gasteiger partial charge in [-0.05, 0) is 63.3 Å². The molecule has 3 aliphatic rings. The van der Waals surface area contributed by atoms with Crippen molar-refractivity contribution in [1.29, 1.82) is 0 Å². The van der Waals surface area contributed by atoms with Gasteiger partial charge in [-0.2, -0.15) is 0 Å². The van der Waals surface area contributed by atoms with Crippen molar-refractivity contribution in [3.8, 4) is 0 Å². The van der Waals surface area contributed by atoms with Crippen LogP contribution >= 0.6 is 22.6 Å². The second kappa shape index (κ2) is 9.17. The van der Waals surface area contributed by atoms with E-state index < -0.39 is 0 Å². The Bertz CT molecular complexity index is 372. The molecule has 0 aromatic carbocycles. The van der Waals surface area contributed by atoms with Crippen molar-refractivity contribution in [3.63, 3.8) is 0 Å². The van der Waals surface area contributed by atoms with E-state index in [1.54, 1.807) is 0 Å². The van der Waals surface area contributed by atoms with Gasteiger partial charge in [-0.3, -0.25) is 9.69 Å². The summed E-state index contributed by atoms with van der Waals surface area (Å²) in [6, 6.07) is 0. The number of alkyl halides is 1. The van der Waals surface area contributed by atoms with Crippen LogP contribution in [0.5, 0.6) is 0 Å². The number of piperidine rings is 1. The third-order valence-corrected chi connectivity index (χ3v) is 7.73. The fraction of sp³-hybridized carbons (Fsp3) is 0.950. The van der Waals surface area contributed by atoms with Gasteiger partial charge in [-0.15, -0.1) is 0 Å². The van der Waals surface area contributed by atoms with Crippen LogP contribution in [0.1, 0.15) is 77.0 Å². The van der Waals surface area contributed by atoms with Crippen molar-refractivity contribution in [2.24, 2.45) is 17.8 Å². The second-order valence-electron chi connectivity index (χ2n) is 8.40. The topological polar surface area (TPSA) is 20.3 Å². The zero-order chi connectivity index (χ0) is 16.1. The number of hydrogen-bond acceptors (Lipinski definition) is 2. The molecule has 0 N–H and O–H groups in total. The first-order valence-electron chi connectivity index (χ1n) is 10.1. The maximum Gasteiger partial charge on any atom is 0.149 e. The Hall–Kier alpha value is 0.360. The predicted molar refractivity (Wildman–Crippen MR) is 105 cm³/mol. The molecule has 0 bridgehead atoms. The molecule has 132 valence electrons. The summed E-state index contributed by atoms with van der Waals surface area (Å²) < 4.78 is 0.812. The molecule has 0 amide bonds. The SMILES string of the molecule is O=C(CN1CCCC(CC2CCCCC2)C1)C1CCC(I)CC1. The Morgan fingerprint density at radius 3 is 2.30 bits per heavy atom. The molecule has 0 spiro atoms. The smallest absolute Gasteiger partial charge is 0.149 e. The number of likely N-dealkylation sites (tertiary alicyclic amines) is 1. The van der Waals surface area contributed by atoms with Gasteiger partial charge < -0.3 is 0 Å². The van der Waals surface area contributed by atoms with E-state index in [0.29, 0.717) is 11.7 Å². The number of ketones is 1. The molecule has 23 heavy (non-hydrogen) atoms. The van der Waals surface area contributed by atoms with Crippen LogP contribution in [0.25, 0.3) is 0 Å². The number of hydrogen-bond donors (Lipinski definition) is 0. The van der Waals surface area contributed by atoms with Crippen LogP contribution in [0, 0.1) is 17.8 Å². The molecule has 1 atom stereocenters. The highest BCUT2D eigenvalue weighted by Gasteiger charge is 2.29. The average molecular weight is 431 g/mol. The van der Waals surface area contributed by atoms with E-state index in [4.69, 9.17) is 0 Å². The lowest BCUT2D eigenvalue weighted by Gasteiger charge is -2.36. The second-order valence-corrected chi connectivity index (χ2v) is 10.2. The summed E-state index contributed by atoms with van der Waals surface area (Å²) in [7, 11) is 0. The molecule has 0 radical (unpaired) electrons. The quantitative estimate of drug-likeness (QED) is 0.439. The van der Waals surface area contributed by atoms with Crippen LogP contribution in [0.15, 0.2) is 0 Å². The van der Waals surface area contributed by atoms with Gasteiger partial charge in [-0.25, -0.2) is 0 Å². The van der Waals surface area contributed by atoms with Gasteiger partial charge in [0, 0.05) is 16.4 Å². The summed E-state index contributed by atoms with van der Waals surface area (Å²) in [5.41, 5.74) is 0. The minimum atomic E-state index is 0.375. The molecule has 2 saturated carbocycles. The fourth-order valence-corrected chi connectivity index (χ4v) is 5.82. The molecule has 1 saturated heterocycles. The lowest BCUT2D eigenvalue weighted by atomic mass is 9.80. The maximum absolute atomic E-state index is 12.6. The van der Waals surface area contributed by atoms with Crippen molar-refractivity contribution < 1.29 is 4.79 Å². The van der Waals surface area contributed by atoms with Crippen LogP contribution in [0.3, 0.4) is 0 Å². The molecule has 1 aliphatic heterocycles. The Kier molecular flexibility index (Phi) is 7.24. The number of carbonyl (C=O) groups excluding carboxylic acids is 1. The first-order chi connectivity index (χ1) is 11.2. The first-order valence-corrected chi connectivity index (χ1v) is 11.3. The zero-order valence-corrected chi connectivity index (χ0v) is 16.8. The molecule has 1 unspecified atom stereocenters. The molecule has 0 aromatic heterocycles. The zero-order valence-electron chi connectivity index (χ0n) is 14.6. The third-order valence-electron chi connectivity index (χ3n) is 6.49. The van der Waals surface area contributed by atoms with Gasteiger partial charge >= 0.3 is 0 Å². The molecular weight excluding hydrogens is 397 g/mol. The summed E-state index contributed by atoms with van der Waals surface area (Å²) in [5, 5.41) is 0. The van der Waals surface area contributed by atoms with Gasteiger partial charge in [0.15, 0.2) is 0 Å². The molecule has 2 aliphatic carbocycles. The van der Waals surface area contributed by atoms with Crippen LogP contribution in [0.4, 0.5) is 0 Å². The molecular formula is C20H34INO. The number of halogens is 1. The van der Waals surface area contributed by atoms with Crippen molar-refractivity contribution in [2.45, 2.75) is 81.0 Å². The van der Waals surface area contributed by atoms with E-state index in [9.17, 15) is 4.79 Å². The summed E-state index contributed by atoms with van der Waals surface area (Å²) in [4.78, 5) is 15.1. The molecule has 3 heteroatoms. The van der Waals surface area contributed by atoms with E-state index in [2.05, 4.69) is 27.5 Å². The van der Waals surface area contributed by atoms with E-state index in [1.165, 1.54) is 70.8 Å². The molecule has 2 nitrogen and oxygen atoms in total. The minimum absolute atomic E-state index is 0.375. The molecule has 3 rings (SSSR count). The highest BCUT2D eigenvalue weighted by molar-refractivity contribution is 14.1. The Balaban J connectivity index is 1.41. The Labute approximate surface area is 156 Å². The number of rotatable bonds is 5. The number of nitrogens with zero attached hydrogens (tertiary/aromatic N) is 1. The van der Waals surface area contributed by atoms with Gasteiger partial charge in [-0.1, -0.05) is 54.7 Å². The number of Topliss-reactive ketones (excluding diaryl/α,β-unsaturated/α-hetero) is 1. The van der Waals surface area contributed by atoms with Crippen molar-refractivity contribution >= 4 is 28.4 Å². The van der Waals surface area contributed by atoms with Gasteiger partial charge in [0.05, 0.1) is 6.54 Å². The number of carbonyl (C=O) groups is 1. The Morgan fingerprint density at radius 1 is 0.870 bits per heavy atom. The third kappa shape index (κ3) is 5.69. The van der Waals surface area contributed by atoms with Gasteiger partial charge in [0.1, 0.15) is 5.78 Å². The molecule has 1 heterocycles. The highest BCUT2D eigenvalue weighted by Crippen LogP contribution is 2.33. The fourth-order valence-electron chi connectivity index (χ4n) is 5.11. The lowest BCUT2D eigenvalue weighted by molar-refractivity contribution is -0.125. The van der Waals surface area contributed by atoms with Gasteiger partial charge in [0.25, 0.3) is 0 Å². The Morgan fingerprint density at radius 2 is 1.57 bits per heavy atom. The van der Waals surface area contributed by atoms with Crippen LogP contribution in [-0.2, 0) is 4.79 Å². The standard InChI is InChI=1S/C20H34INO/c21-19-10-8-18(9-11-19)20(23)15-22-12-4-7-17(14-22)13-16-5-2-1-3-6-16/h16-19H,1-15H2. The van der Waals surface area contributed by atoms with Crippen molar-refractivity contribution in [3.05, 3.63) is 0 Å². The van der Waals surface area contributed by atoms with E-state index >= 15 is 0 Å². The van der Waals surface area contributed by atoms with Crippen molar-refractivity contribution in [1.82, 2.24) is 4.90 Å². The molecule has 0 aromatic rings. The van der Waals surface area contributed by atoms with E-state index in [1.807, 2.05) is 0 Å². The minimum Gasteiger partial charge on any atom is -0.298 e. The normalized spacial score (nSPS) is 34.4. The predicted octanol–water partition coefficient (Wildman–Crippen LogP) is 5.23. The van der Waals surface area contributed by atoms with Crippen LogP contribution < -0.4 is 0 Å². The van der Waals surface area contributed by atoms with Gasteiger partial charge in [0.2, 0.25) is 0 Å². The largest absolute Gasteiger partial charge is 0.298 e. The van der Waals surface area contributed by atoms with Crippen LogP contribution in [0.2, 0.25) is 0 Å². The summed E-state index contributed by atoms with van der Waals surface area (Å²) in [6.07, 6.45) is 16.3. The summed E-state index contributed by atoms with van der Waals surface area (Å²) in [6.45, 7) is 3.11. The first kappa shape index (κ1) is 18.2. The van der Waals surface area contributed by atoms with E-state index in [0.717, 1.165) is 41.7 Å². The van der Waals surface area contributed by atoms with Crippen LogP contribution in [-0.4, -0.2) is 34.2 Å². The maximum atomic E-state index is 12.6. The van der Waals surface area contributed by atoms with E-state index in [-0.39, 0.29) is 0 Å². The summed E-state index contributed by atoms with van der Waals surface area (Å²) >= 11 is 2.55. The molecule has 3 fully saturated rings. The average Bonchev–Trinajstić information content (AvgIpc) is 2.57. The highest BCUT2D eigenvalue weighted by atomic mass is 127. The van der Waals surface area contributed by atoms with Crippen molar-refractivity contribution in [2.75, 3.05) is 19.6 Å². The summed E-state index contributed by atoms with van der Waals surface area (Å²) in [5.74, 6) is 2.78. The lowest BCUT2D eigenvalue weighted by Crippen LogP contribution is -2.41. The monoisotopic (exact) mass is 431 g/mol.